The highest BCUT2D eigenvalue weighted by atomic mass is 32.1. The second-order valence-electron chi connectivity index (χ2n) is 2.80. The van der Waals surface area contributed by atoms with E-state index in [2.05, 4.69) is 9.59 Å². The summed E-state index contributed by atoms with van der Waals surface area (Å²) in [5, 5.41) is 12.4. The van der Waals surface area contributed by atoms with Gasteiger partial charge in [0.1, 0.15) is 4.88 Å². The SMILES string of the molecule is CCCN(CCO)C(=O)c1cnns1. The van der Waals surface area contributed by atoms with Crippen LogP contribution in [0.1, 0.15) is 23.0 Å². The van der Waals surface area contributed by atoms with Crippen molar-refractivity contribution in [2.24, 2.45) is 0 Å². The molecule has 1 heterocycles. The van der Waals surface area contributed by atoms with Crippen molar-refractivity contribution in [3.8, 4) is 0 Å². The summed E-state index contributed by atoms with van der Waals surface area (Å²) in [5.41, 5.74) is 0. The summed E-state index contributed by atoms with van der Waals surface area (Å²) >= 11 is 1.08. The average molecular weight is 215 g/mol. The fraction of sp³-hybridized carbons (Fsp3) is 0.625. The molecule has 6 heteroatoms. The molecule has 1 amide bonds. The van der Waals surface area contributed by atoms with E-state index in [-0.39, 0.29) is 12.5 Å². The van der Waals surface area contributed by atoms with Crippen LogP contribution in [0.15, 0.2) is 6.20 Å². The molecule has 0 aliphatic rings. The highest BCUT2D eigenvalue weighted by Gasteiger charge is 2.16. The molecule has 0 spiro atoms. The maximum atomic E-state index is 11.7. The van der Waals surface area contributed by atoms with Crippen molar-refractivity contribution < 1.29 is 9.90 Å². The van der Waals surface area contributed by atoms with Crippen molar-refractivity contribution in [3.63, 3.8) is 0 Å². The molecule has 78 valence electrons. The van der Waals surface area contributed by atoms with Crippen LogP contribution in [-0.4, -0.2) is 45.2 Å². The van der Waals surface area contributed by atoms with Gasteiger partial charge in [0, 0.05) is 13.1 Å². The van der Waals surface area contributed by atoms with Crippen LogP contribution < -0.4 is 0 Å². The smallest absolute Gasteiger partial charge is 0.267 e. The molecule has 0 radical (unpaired) electrons. The molecule has 1 N–H and O–H groups in total. The van der Waals surface area contributed by atoms with Crippen molar-refractivity contribution in [1.82, 2.24) is 14.5 Å². The van der Waals surface area contributed by atoms with Gasteiger partial charge in [0.05, 0.1) is 12.8 Å². The predicted octanol–water partition coefficient (Wildman–Crippen LogP) is 0.383. The normalized spacial score (nSPS) is 10.1. The summed E-state index contributed by atoms with van der Waals surface area (Å²) in [6, 6.07) is 0. The lowest BCUT2D eigenvalue weighted by Gasteiger charge is -2.19. The van der Waals surface area contributed by atoms with Crippen LogP contribution in [0.2, 0.25) is 0 Å². The van der Waals surface area contributed by atoms with Crippen molar-refractivity contribution in [1.29, 1.82) is 0 Å². The van der Waals surface area contributed by atoms with Gasteiger partial charge >= 0.3 is 0 Å². The number of aliphatic hydroxyl groups excluding tert-OH is 1. The number of amides is 1. The fourth-order valence-corrected chi connectivity index (χ4v) is 1.61. The van der Waals surface area contributed by atoms with Gasteiger partial charge in [0.25, 0.3) is 5.91 Å². The summed E-state index contributed by atoms with van der Waals surface area (Å²) in [7, 11) is 0. The summed E-state index contributed by atoms with van der Waals surface area (Å²) in [6.07, 6.45) is 2.32. The van der Waals surface area contributed by atoms with Gasteiger partial charge in [0.2, 0.25) is 0 Å². The minimum absolute atomic E-state index is 0.0159. The van der Waals surface area contributed by atoms with Crippen molar-refractivity contribution >= 4 is 17.4 Å². The van der Waals surface area contributed by atoms with E-state index in [4.69, 9.17) is 5.11 Å². The van der Waals surface area contributed by atoms with E-state index in [1.165, 1.54) is 6.20 Å². The van der Waals surface area contributed by atoms with E-state index in [1.807, 2.05) is 6.92 Å². The molecule has 0 bridgehead atoms. The lowest BCUT2D eigenvalue weighted by Crippen LogP contribution is -2.33. The van der Waals surface area contributed by atoms with Gasteiger partial charge < -0.3 is 10.0 Å². The lowest BCUT2D eigenvalue weighted by molar-refractivity contribution is 0.0726. The molecule has 14 heavy (non-hydrogen) atoms. The van der Waals surface area contributed by atoms with E-state index in [1.54, 1.807) is 4.90 Å². The zero-order chi connectivity index (χ0) is 10.4. The predicted molar refractivity (Wildman–Crippen MR) is 53.2 cm³/mol. The zero-order valence-electron chi connectivity index (χ0n) is 8.01. The standard InChI is InChI=1S/C8H13N3O2S/c1-2-3-11(4-5-12)8(13)7-6-9-10-14-7/h6,12H,2-5H2,1H3. The first-order chi connectivity index (χ1) is 6.79. The van der Waals surface area contributed by atoms with E-state index in [9.17, 15) is 4.79 Å². The second-order valence-corrected chi connectivity index (χ2v) is 3.58. The third-order valence-electron chi connectivity index (χ3n) is 1.72. The Hall–Kier alpha value is -1.01. The summed E-state index contributed by atoms with van der Waals surface area (Å²) in [4.78, 5) is 13.9. The molecule has 1 aromatic rings. The Kier molecular flexibility index (Phi) is 4.48. The summed E-state index contributed by atoms with van der Waals surface area (Å²) in [6.45, 7) is 2.99. The van der Waals surface area contributed by atoms with Crippen molar-refractivity contribution in [2.45, 2.75) is 13.3 Å². The molecular weight excluding hydrogens is 202 g/mol. The third kappa shape index (κ3) is 2.74. The molecule has 0 aliphatic heterocycles. The first kappa shape index (κ1) is 11.1. The highest BCUT2D eigenvalue weighted by Crippen LogP contribution is 2.07. The van der Waals surface area contributed by atoms with Gasteiger partial charge in [-0.1, -0.05) is 11.4 Å². The molecule has 0 atom stereocenters. The number of carbonyl (C=O) groups excluding carboxylic acids is 1. The van der Waals surface area contributed by atoms with Crippen LogP contribution in [0.5, 0.6) is 0 Å². The van der Waals surface area contributed by atoms with Gasteiger partial charge in [-0.25, -0.2) is 0 Å². The Bertz CT molecular complexity index is 270. The Labute approximate surface area is 86.5 Å². The van der Waals surface area contributed by atoms with Crippen molar-refractivity contribution in [2.75, 3.05) is 19.7 Å². The number of hydrogen-bond donors (Lipinski definition) is 1. The number of nitrogens with zero attached hydrogens (tertiary/aromatic N) is 3. The largest absolute Gasteiger partial charge is 0.395 e. The lowest BCUT2D eigenvalue weighted by atomic mass is 10.3. The summed E-state index contributed by atoms with van der Waals surface area (Å²) in [5.74, 6) is -0.101. The van der Waals surface area contributed by atoms with Crippen LogP contribution in [0.4, 0.5) is 0 Å². The minimum atomic E-state index is -0.101. The highest BCUT2D eigenvalue weighted by molar-refractivity contribution is 7.07. The zero-order valence-corrected chi connectivity index (χ0v) is 8.83. The molecule has 5 nitrogen and oxygen atoms in total. The van der Waals surface area contributed by atoms with Crippen LogP contribution in [-0.2, 0) is 0 Å². The Balaban J connectivity index is 2.63. The molecular formula is C8H13N3O2S. The van der Waals surface area contributed by atoms with Gasteiger partial charge in [-0.05, 0) is 18.0 Å². The fourth-order valence-electron chi connectivity index (χ4n) is 1.12. The number of carbonyl (C=O) groups is 1. The Morgan fingerprint density at radius 3 is 2.93 bits per heavy atom. The maximum Gasteiger partial charge on any atom is 0.267 e. The van der Waals surface area contributed by atoms with Crippen LogP contribution in [0.3, 0.4) is 0 Å². The Morgan fingerprint density at radius 2 is 2.43 bits per heavy atom. The van der Waals surface area contributed by atoms with Crippen molar-refractivity contribution in [3.05, 3.63) is 11.1 Å². The Morgan fingerprint density at radius 1 is 1.64 bits per heavy atom. The van der Waals surface area contributed by atoms with Crippen LogP contribution in [0, 0.1) is 0 Å². The molecule has 1 rings (SSSR count). The molecule has 0 saturated carbocycles. The molecule has 1 aromatic heterocycles. The molecule has 0 saturated heterocycles. The van der Waals surface area contributed by atoms with E-state index in [0.29, 0.717) is 18.0 Å². The third-order valence-corrected chi connectivity index (χ3v) is 2.38. The number of aromatic nitrogens is 2. The molecule has 0 aliphatic carbocycles. The van der Waals surface area contributed by atoms with Crippen LogP contribution >= 0.6 is 11.5 Å². The number of hydrogen-bond acceptors (Lipinski definition) is 5. The minimum Gasteiger partial charge on any atom is -0.395 e. The van der Waals surface area contributed by atoms with E-state index in [0.717, 1.165) is 18.0 Å². The van der Waals surface area contributed by atoms with Gasteiger partial charge in [-0.15, -0.1) is 5.10 Å². The van der Waals surface area contributed by atoms with Gasteiger partial charge in [-0.2, -0.15) is 0 Å². The first-order valence-electron chi connectivity index (χ1n) is 4.47. The summed E-state index contributed by atoms with van der Waals surface area (Å²) < 4.78 is 3.63. The van der Waals surface area contributed by atoms with Gasteiger partial charge in [-0.3, -0.25) is 4.79 Å². The van der Waals surface area contributed by atoms with E-state index >= 15 is 0 Å². The maximum absolute atomic E-state index is 11.7. The van der Waals surface area contributed by atoms with Crippen LogP contribution in [0.25, 0.3) is 0 Å². The number of aliphatic hydroxyl groups is 1. The molecule has 0 unspecified atom stereocenters. The molecule has 0 fully saturated rings. The van der Waals surface area contributed by atoms with E-state index < -0.39 is 0 Å². The molecule has 0 aromatic carbocycles. The topological polar surface area (TPSA) is 66.3 Å². The second kappa shape index (κ2) is 5.66. The quantitative estimate of drug-likeness (QED) is 0.771. The number of rotatable bonds is 5. The van der Waals surface area contributed by atoms with Gasteiger partial charge in [0.15, 0.2) is 0 Å². The monoisotopic (exact) mass is 215 g/mol. The average Bonchev–Trinajstić information content (AvgIpc) is 2.69. The first-order valence-corrected chi connectivity index (χ1v) is 5.24.